The SMILES string of the molecule is COc1cccn2c(N)c(CC(C)C)nc12. The summed E-state index contributed by atoms with van der Waals surface area (Å²) in [7, 11) is 1.64. The Morgan fingerprint density at radius 1 is 1.50 bits per heavy atom. The van der Waals surface area contributed by atoms with E-state index in [9.17, 15) is 0 Å². The maximum atomic E-state index is 6.06. The Morgan fingerprint density at radius 2 is 2.25 bits per heavy atom. The van der Waals surface area contributed by atoms with Gasteiger partial charge in [0.1, 0.15) is 5.82 Å². The number of fused-ring (bicyclic) bond motifs is 1. The molecule has 0 spiro atoms. The summed E-state index contributed by atoms with van der Waals surface area (Å²) in [5.74, 6) is 2.00. The van der Waals surface area contributed by atoms with E-state index in [-0.39, 0.29) is 0 Å². The van der Waals surface area contributed by atoms with Crippen LogP contribution in [0.5, 0.6) is 5.75 Å². The Morgan fingerprint density at radius 3 is 2.88 bits per heavy atom. The van der Waals surface area contributed by atoms with Crippen molar-refractivity contribution in [2.75, 3.05) is 12.8 Å². The summed E-state index contributed by atoms with van der Waals surface area (Å²) < 4.78 is 7.13. The van der Waals surface area contributed by atoms with Gasteiger partial charge in [-0.3, -0.25) is 4.40 Å². The molecule has 0 fully saturated rings. The van der Waals surface area contributed by atoms with Crippen molar-refractivity contribution in [1.82, 2.24) is 9.38 Å². The smallest absolute Gasteiger partial charge is 0.181 e. The molecule has 4 heteroatoms. The number of nitrogens with two attached hydrogens (primary N) is 1. The molecule has 0 saturated carbocycles. The van der Waals surface area contributed by atoms with Crippen molar-refractivity contribution >= 4 is 11.5 Å². The molecule has 2 rings (SSSR count). The molecular weight excluding hydrogens is 202 g/mol. The average Bonchev–Trinajstić information content (AvgIpc) is 2.55. The van der Waals surface area contributed by atoms with Crippen molar-refractivity contribution in [2.45, 2.75) is 20.3 Å². The minimum absolute atomic E-state index is 0.540. The van der Waals surface area contributed by atoms with Crippen LogP contribution in [0.15, 0.2) is 18.3 Å². The molecule has 0 atom stereocenters. The van der Waals surface area contributed by atoms with Gasteiger partial charge >= 0.3 is 0 Å². The fraction of sp³-hybridized carbons (Fsp3) is 0.417. The fourth-order valence-electron chi connectivity index (χ4n) is 1.80. The summed E-state index contributed by atoms with van der Waals surface area (Å²) in [6, 6.07) is 3.80. The van der Waals surface area contributed by atoms with Gasteiger partial charge in [-0.15, -0.1) is 0 Å². The van der Waals surface area contributed by atoms with Gasteiger partial charge in [0.05, 0.1) is 12.8 Å². The molecule has 0 aliphatic heterocycles. The van der Waals surface area contributed by atoms with Gasteiger partial charge in [0.2, 0.25) is 0 Å². The topological polar surface area (TPSA) is 52.5 Å². The van der Waals surface area contributed by atoms with Crippen LogP contribution in [0.4, 0.5) is 5.82 Å². The number of rotatable bonds is 3. The molecule has 0 saturated heterocycles. The molecule has 0 aromatic carbocycles. The Bertz CT molecular complexity index is 502. The number of nitrogens with zero attached hydrogens (tertiary/aromatic N) is 2. The van der Waals surface area contributed by atoms with E-state index in [0.717, 1.165) is 23.5 Å². The molecular formula is C12H17N3O. The number of hydrogen-bond donors (Lipinski definition) is 1. The number of nitrogen functional groups attached to an aromatic ring is 1. The lowest BCUT2D eigenvalue weighted by Crippen LogP contribution is -2.00. The number of methoxy groups -OCH3 is 1. The molecule has 2 N–H and O–H groups in total. The molecule has 16 heavy (non-hydrogen) atoms. The first kappa shape index (κ1) is 10.8. The second-order valence-corrected chi connectivity index (χ2v) is 4.31. The minimum Gasteiger partial charge on any atom is -0.493 e. The molecule has 0 unspecified atom stereocenters. The molecule has 2 heterocycles. The highest BCUT2D eigenvalue weighted by molar-refractivity contribution is 5.61. The zero-order valence-corrected chi connectivity index (χ0v) is 9.90. The van der Waals surface area contributed by atoms with E-state index < -0.39 is 0 Å². The van der Waals surface area contributed by atoms with Crippen LogP contribution in [-0.2, 0) is 6.42 Å². The van der Waals surface area contributed by atoms with Gasteiger partial charge in [-0.1, -0.05) is 13.8 Å². The molecule has 86 valence electrons. The molecule has 0 amide bonds. The Hall–Kier alpha value is -1.71. The highest BCUT2D eigenvalue weighted by Crippen LogP contribution is 2.24. The number of pyridine rings is 1. The first-order valence-electron chi connectivity index (χ1n) is 5.43. The van der Waals surface area contributed by atoms with Crippen LogP contribution >= 0.6 is 0 Å². The van der Waals surface area contributed by atoms with Crippen molar-refractivity contribution in [3.8, 4) is 5.75 Å². The van der Waals surface area contributed by atoms with Gasteiger partial charge in [0.15, 0.2) is 11.4 Å². The Balaban J connectivity index is 2.58. The van der Waals surface area contributed by atoms with Crippen LogP contribution in [-0.4, -0.2) is 16.5 Å². The molecule has 0 aliphatic carbocycles. The monoisotopic (exact) mass is 219 g/mol. The third-order valence-corrected chi connectivity index (χ3v) is 2.55. The fourth-order valence-corrected chi connectivity index (χ4v) is 1.80. The summed E-state index contributed by atoms with van der Waals surface area (Å²) in [6.07, 6.45) is 2.79. The highest BCUT2D eigenvalue weighted by Gasteiger charge is 2.13. The van der Waals surface area contributed by atoms with Crippen molar-refractivity contribution < 1.29 is 4.74 Å². The van der Waals surface area contributed by atoms with Crippen LogP contribution in [0.1, 0.15) is 19.5 Å². The van der Waals surface area contributed by atoms with Crippen LogP contribution in [0, 0.1) is 5.92 Å². The predicted octanol–water partition coefficient (Wildman–Crippen LogP) is 2.12. The van der Waals surface area contributed by atoms with E-state index in [2.05, 4.69) is 18.8 Å². The number of hydrogen-bond acceptors (Lipinski definition) is 3. The van der Waals surface area contributed by atoms with Gasteiger partial charge in [0, 0.05) is 6.20 Å². The van der Waals surface area contributed by atoms with Crippen LogP contribution < -0.4 is 10.5 Å². The van der Waals surface area contributed by atoms with Crippen molar-refractivity contribution in [1.29, 1.82) is 0 Å². The zero-order chi connectivity index (χ0) is 11.7. The third-order valence-electron chi connectivity index (χ3n) is 2.55. The van der Waals surface area contributed by atoms with E-state index in [1.54, 1.807) is 7.11 Å². The summed E-state index contributed by atoms with van der Waals surface area (Å²) >= 11 is 0. The first-order valence-corrected chi connectivity index (χ1v) is 5.43. The second kappa shape index (κ2) is 4.04. The summed E-state index contributed by atoms with van der Waals surface area (Å²) in [5, 5.41) is 0. The second-order valence-electron chi connectivity index (χ2n) is 4.31. The van der Waals surface area contributed by atoms with Gasteiger partial charge in [-0.25, -0.2) is 4.98 Å². The standard InChI is InChI=1S/C12H17N3O/c1-8(2)7-9-11(13)15-6-4-5-10(16-3)12(15)14-9/h4-6,8H,7,13H2,1-3H3. The van der Waals surface area contributed by atoms with E-state index >= 15 is 0 Å². The summed E-state index contributed by atoms with van der Waals surface area (Å²) in [5.41, 5.74) is 7.79. The number of anilines is 1. The first-order chi connectivity index (χ1) is 7.63. The van der Waals surface area contributed by atoms with Crippen molar-refractivity contribution in [3.63, 3.8) is 0 Å². The lowest BCUT2D eigenvalue weighted by Gasteiger charge is -2.02. The van der Waals surface area contributed by atoms with Crippen LogP contribution in [0.25, 0.3) is 5.65 Å². The Kier molecular flexibility index (Phi) is 2.73. The molecule has 2 aromatic rings. The lowest BCUT2D eigenvalue weighted by atomic mass is 10.1. The number of imidazole rings is 1. The quantitative estimate of drug-likeness (QED) is 0.860. The largest absolute Gasteiger partial charge is 0.493 e. The average molecular weight is 219 g/mol. The minimum atomic E-state index is 0.540. The van der Waals surface area contributed by atoms with Gasteiger partial charge in [-0.2, -0.15) is 0 Å². The molecule has 0 aliphatic rings. The highest BCUT2D eigenvalue weighted by atomic mass is 16.5. The summed E-state index contributed by atoms with van der Waals surface area (Å²) in [6.45, 7) is 4.31. The van der Waals surface area contributed by atoms with Crippen molar-refractivity contribution in [3.05, 3.63) is 24.0 Å². The van der Waals surface area contributed by atoms with Gasteiger partial charge in [0.25, 0.3) is 0 Å². The molecule has 0 bridgehead atoms. The summed E-state index contributed by atoms with van der Waals surface area (Å²) in [4.78, 5) is 4.54. The van der Waals surface area contributed by atoms with Crippen LogP contribution in [0.2, 0.25) is 0 Å². The number of ether oxygens (including phenoxy) is 1. The normalized spacial score (nSPS) is 11.2. The van der Waals surface area contributed by atoms with Crippen LogP contribution in [0.3, 0.4) is 0 Å². The van der Waals surface area contributed by atoms with Gasteiger partial charge in [-0.05, 0) is 24.5 Å². The molecule has 0 radical (unpaired) electrons. The van der Waals surface area contributed by atoms with E-state index in [1.165, 1.54) is 0 Å². The zero-order valence-electron chi connectivity index (χ0n) is 9.90. The molecule has 2 aromatic heterocycles. The Labute approximate surface area is 95.0 Å². The predicted molar refractivity (Wildman–Crippen MR) is 64.7 cm³/mol. The van der Waals surface area contributed by atoms with Crippen molar-refractivity contribution in [2.24, 2.45) is 5.92 Å². The third kappa shape index (κ3) is 1.71. The van der Waals surface area contributed by atoms with E-state index in [1.807, 2.05) is 22.7 Å². The maximum Gasteiger partial charge on any atom is 0.181 e. The maximum absolute atomic E-state index is 6.06. The van der Waals surface area contributed by atoms with E-state index in [4.69, 9.17) is 10.5 Å². The van der Waals surface area contributed by atoms with E-state index in [0.29, 0.717) is 11.7 Å². The number of aromatic nitrogens is 2. The van der Waals surface area contributed by atoms with Gasteiger partial charge < -0.3 is 10.5 Å². The lowest BCUT2D eigenvalue weighted by molar-refractivity contribution is 0.417. The molecule has 4 nitrogen and oxygen atoms in total.